The first-order valence-electron chi connectivity index (χ1n) is 13.7. The third-order valence-electron chi connectivity index (χ3n) is 7.90. The van der Waals surface area contributed by atoms with Crippen LogP contribution in [0.25, 0.3) is 0 Å². The Hall–Kier alpha value is -2.78. The zero-order valence-corrected chi connectivity index (χ0v) is 22.7. The lowest BCUT2D eigenvalue weighted by molar-refractivity contribution is -0.388. The molecule has 3 aromatic rings. The molecule has 2 fully saturated rings. The van der Waals surface area contributed by atoms with Crippen LogP contribution in [0.1, 0.15) is 16.7 Å². The molecule has 2 aliphatic heterocycles. The summed E-state index contributed by atoms with van der Waals surface area (Å²) in [6.07, 6.45) is -12.6. The second-order valence-electron chi connectivity index (χ2n) is 10.4. The van der Waals surface area contributed by atoms with Crippen molar-refractivity contribution >= 4 is 0 Å². The summed E-state index contributed by atoms with van der Waals surface area (Å²) in [5.41, 5.74) is 0.814. The molecule has 5 rings (SSSR count). The Bertz CT molecular complexity index is 1160. The van der Waals surface area contributed by atoms with Crippen molar-refractivity contribution in [3.05, 3.63) is 108 Å². The fraction of sp³-hybridized carbons (Fsp3) is 0.419. The molecule has 0 aromatic heterocycles. The minimum absolute atomic E-state index is 0.666. The van der Waals surface area contributed by atoms with Crippen LogP contribution in [-0.2, 0) is 24.5 Å². The van der Waals surface area contributed by atoms with Gasteiger partial charge < -0.3 is 54.7 Å². The molecule has 2 saturated heterocycles. The van der Waals surface area contributed by atoms with Crippen LogP contribution in [-0.4, -0.2) is 110 Å². The highest BCUT2D eigenvalue weighted by molar-refractivity contribution is 5.47. The molecule has 1 unspecified atom stereocenters. The van der Waals surface area contributed by atoms with Gasteiger partial charge in [0.15, 0.2) is 6.29 Å². The first-order valence-corrected chi connectivity index (χ1v) is 13.7. The molecule has 0 spiro atoms. The molecule has 9 atom stereocenters. The van der Waals surface area contributed by atoms with Gasteiger partial charge >= 0.3 is 0 Å². The van der Waals surface area contributed by atoms with Crippen molar-refractivity contribution in [1.29, 1.82) is 0 Å². The molecule has 226 valence electrons. The molecular formula is C31H36O11. The van der Waals surface area contributed by atoms with Gasteiger partial charge in [-0.25, -0.2) is 0 Å². The molecule has 0 bridgehead atoms. The van der Waals surface area contributed by atoms with Gasteiger partial charge in [0.05, 0.1) is 13.2 Å². The third kappa shape index (κ3) is 5.39. The Morgan fingerprint density at radius 3 is 1.52 bits per heavy atom. The Labute approximate surface area is 242 Å². The van der Waals surface area contributed by atoms with Gasteiger partial charge in [0.1, 0.15) is 54.9 Å². The van der Waals surface area contributed by atoms with E-state index in [2.05, 4.69) is 0 Å². The molecule has 2 heterocycles. The first-order chi connectivity index (χ1) is 20.3. The highest BCUT2D eigenvalue weighted by Crippen LogP contribution is 2.44. The van der Waals surface area contributed by atoms with Crippen molar-refractivity contribution in [2.75, 3.05) is 19.8 Å². The largest absolute Gasteiger partial charge is 0.394 e. The van der Waals surface area contributed by atoms with E-state index in [1.54, 1.807) is 0 Å². The van der Waals surface area contributed by atoms with Gasteiger partial charge in [-0.3, -0.25) is 0 Å². The summed E-state index contributed by atoms with van der Waals surface area (Å²) >= 11 is 0. The molecule has 0 amide bonds. The fourth-order valence-electron chi connectivity index (χ4n) is 5.69. The van der Waals surface area contributed by atoms with Crippen LogP contribution in [0.5, 0.6) is 0 Å². The van der Waals surface area contributed by atoms with Gasteiger partial charge in [0, 0.05) is 0 Å². The number of rotatable bonds is 10. The van der Waals surface area contributed by atoms with E-state index in [1.165, 1.54) is 0 Å². The average molecular weight is 585 g/mol. The molecule has 11 heteroatoms. The van der Waals surface area contributed by atoms with E-state index in [0.29, 0.717) is 16.7 Å². The van der Waals surface area contributed by atoms with Crippen molar-refractivity contribution < 1.29 is 54.7 Å². The van der Waals surface area contributed by atoms with Crippen molar-refractivity contribution in [1.82, 2.24) is 0 Å². The predicted molar refractivity (Wildman–Crippen MR) is 147 cm³/mol. The molecule has 42 heavy (non-hydrogen) atoms. The molecule has 11 nitrogen and oxygen atoms in total. The minimum atomic E-state index is -2.28. The normalized spacial score (nSPS) is 33.5. The standard InChI is InChI=1S/C31H36O11/c32-16-22-24(35)28(38)30(18-34,40-22)42-29-26(37)25(36)27(23(17-33)39-29)41-31(19-10-4-1-5-11-19,20-12-6-2-7-13-20)21-14-8-3-9-15-21/h1-15,22-29,32-38H,16-18H2/t22-,23-,24-,25-,26-,27-,28+,29-,30?/m1/s1. The Morgan fingerprint density at radius 1 is 0.643 bits per heavy atom. The summed E-state index contributed by atoms with van der Waals surface area (Å²) in [6, 6.07) is 27.9. The third-order valence-corrected chi connectivity index (χ3v) is 7.90. The van der Waals surface area contributed by atoms with E-state index in [-0.39, 0.29) is 0 Å². The van der Waals surface area contributed by atoms with Crippen molar-refractivity contribution in [3.63, 3.8) is 0 Å². The summed E-state index contributed by atoms with van der Waals surface area (Å²) in [4.78, 5) is 0. The number of ether oxygens (including phenoxy) is 4. The molecule has 2 aliphatic rings. The maximum absolute atomic E-state index is 11.5. The van der Waals surface area contributed by atoms with Gasteiger partial charge in [-0.05, 0) is 16.7 Å². The number of aliphatic hydroxyl groups is 7. The lowest BCUT2D eigenvalue weighted by Gasteiger charge is -2.48. The average Bonchev–Trinajstić information content (AvgIpc) is 3.29. The van der Waals surface area contributed by atoms with Gasteiger partial charge in [-0.2, -0.15) is 0 Å². The van der Waals surface area contributed by atoms with Crippen LogP contribution in [0.2, 0.25) is 0 Å². The number of benzene rings is 3. The van der Waals surface area contributed by atoms with Crippen LogP contribution in [0.3, 0.4) is 0 Å². The molecular weight excluding hydrogens is 548 g/mol. The molecule has 0 saturated carbocycles. The second-order valence-corrected chi connectivity index (χ2v) is 10.4. The van der Waals surface area contributed by atoms with E-state index in [1.807, 2.05) is 91.0 Å². The van der Waals surface area contributed by atoms with Crippen LogP contribution in [0.15, 0.2) is 91.0 Å². The zero-order chi connectivity index (χ0) is 29.9. The van der Waals surface area contributed by atoms with E-state index < -0.39 is 80.2 Å². The van der Waals surface area contributed by atoms with Crippen molar-refractivity contribution in [3.8, 4) is 0 Å². The van der Waals surface area contributed by atoms with Crippen molar-refractivity contribution in [2.45, 2.75) is 60.4 Å². The van der Waals surface area contributed by atoms with Gasteiger partial charge in [0.2, 0.25) is 5.79 Å². The van der Waals surface area contributed by atoms with Crippen molar-refractivity contribution in [2.24, 2.45) is 0 Å². The summed E-state index contributed by atoms with van der Waals surface area (Å²) in [5.74, 6) is -2.28. The highest BCUT2D eigenvalue weighted by atomic mass is 16.8. The first kappa shape index (κ1) is 30.7. The fourth-order valence-corrected chi connectivity index (χ4v) is 5.69. The summed E-state index contributed by atoms with van der Waals surface area (Å²) in [6.45, 7) is -2.33. The highest BCUT2D eigenvalue weighted by Gasteiger charge is 2.59. The quantitative estimate of drug-likeness (QED) is 0.155. The van der Waals surface area contributed by atoms with E-state index in [0.717, 1.165) is 0 Å². The molecule has 0 aliphatic carbocycles. The van der Waals surface area contributed by atoms with E-state index in [9.17, 15) is 35.7 Å². The number of hydrogen-bond acceptors (Lipinski definition) is 11. The van der Waals surface area contributed by atoms with Gasteiger partial charge in [-0.1, -0.05) is 91.0 Å². The SMILES string of the molecule is OC[C@H]1OC(CO)(O[C@H]2O[C@H](CO)[C@@H](OC(c3ccccc3)(c3ccccc3)c3ccccc3)[C@H](O)[C@H]2O)[C@@H](O)[C@@H]1O. The lowest BCUT2D eigenvalue weighted by Crippen LogP contribution is -2.64. The maximum atomic E-state index is 11.5. The van der Waals surface area contributed by atoms with E-state index in [4.69, 9.17) is 18.9 Å². The topological polar surface area (TPSA) is 179 Å². The molecule has 0 radical (unpaired) electrons. The van der Waals surface area contributed by atoms with Gasteiger partial charge in [-0.15, -0.1) is 0 Å². The maximum Gasteiger partial charge on any atom is 0.224 e. The van der Waals surface area contributed by atoms with Crippen LogP contribution in [0.4, 0.5) is 0 Å². The van der Waals surface area contributed by atoms with Crippen LogP contribution < -0.4 is 0 Å². The predicted octanol–water partition coefficient (Wildman–Crippen LogP) is -0.379. The zero-order valence-electron chi connectivity index (χ0n) is 22.7. The Morgan fingerprint density at radius 2 is 1.12 bits per heavy atom. The molecule has 7 N–H and O–H groups in total. The summed E-state index contributed by atoms with van der Waals surface area (Å²) < 4.78 is 23.8. The minimum Gasteiger partial charge on any atom is -0.394 e. The Kier molecular flexibility index (Phi) is 9.38. The Balaban J connectivity index is 1.52. The second kappa shape index (κ2) is 12.8. The lowest BCUT2D eigenvalue weighted by atomic mass is 9.79. The summed E-state index contributed by atoms with van der Waals surface area (Å²) in [5, 5.41) is 73.3. The smallest absolute Gasteiger partial charge is 0.224 e. The summed E-state index contributed by atoms with van der Waals surface area (Å²) in [7, 11) is 0. The van der Waals surface area contributed by atoms with Crippen LogP contribution >= 0.6 is 0 Å². The molecule has 3 aromatic carbocycles. The number of hydrogen-bond donors (Lipinski definition) is 7. The van der Waals surface area contributed by atoms with Crippen LogP contribution in [0, 0.1) is 0 Å². The number of aliphatic hydroxyl groups excluding tert-OH is 7. The van der Waals surface area contributed by atoms with E-state index >= 15 is 0 Å². The van der Waals surface area contributed by atoms with Gasteiger partial charge in [0.25, 0.3) is 0 Å². The monoisotopic (exact) mass is 584 g/mol.